The number of rotatable bonds is 4. The number of aryl methyl sites for hydroxylation is 1. The average Bonchev–Trinajstić information content (AvgIpc) is 2.75. The van der Waals surface area contributed by atoms with Crippen molar-refractivity contribution in [3.63, 3.8) is 0 Å². The Hall–Kier alpha value is -1.12. The summed E-state index contributed by atoms with van der Waals surface area (Å²) in [5.74, 6) is 1.25. The first-order valence-corrected chi connectivity index (χ1v) is 7.46. The van der Waals surface area contributed by atoms with Crippen LogP contribution in [-0.2, 0) is 17.8 Å². The molecule has 0 aliphatic heterocycles. The molecule has 1 saturated carbocycles. The van der Waals surface area contributed by atoms with E-state index in [9.17, 15) is 4.79 Å². The molecule has 0 spiro atoms. The summed E-state index contributed by atoms with van der Waals surface area (Å²) in [6, 6.07) is 0. The second-order valence-corrected chi connectivity index (χ2v) is 6.78. The Bertz CT molecular complexity index is 447. The van der Waals surface area contributed by atoms with Crippen molar-refractivity contribution in [3.8, 4) is 0 Å². The molecular weight excluding hydrogens is 236 g/mol. The molecule has 1 aromatic rings. The summed E-state index contributed by atoms with van der Waals surface area (Å²) in [4.78, 5) is 12.3. The summed E-state index contributed by atoms with van der Waals surface area (Å²) < 4.78 is 1.95. The van der Waals surface area contributed by atoms with Crippen LogP contribution in [0.25, 0.3) is 0 Å². The molecule has 0 bridgehead atoms. The fraction of sp³-hybridized carbons (Fsp3) is 0.750. The molecule has 1 heterocycles. The van der Waals surface area contributed by atoms with E-state index in [2.05, 4.69) is 39.0 Å². The van der Waals surface area contributed by atoms with Crippen LogP contribution in [0.5, 0.6) is 0 Å². The molecule has 3 nitrogen and oxygen atoms in total. The SMILES string of the molecule is CCn1cc(CC(C)(C)C2CCC(C)CC2=O)cn1. The minimum atomic E-state index is 0.0405. The number of carbonyl (C=O) groups excluding carboxylic acids is 1. The summed E-state index contributed by atoms with van der Waals surface area (Å²) in [5, 5.41) is 4.33. The summed E-state index contributed by atoms with van der Waals surface area (Å²) in [6.45, 7) is 9.64. The third-order valence-electron chi connectivity index (χ3n) is 4.50. The maximum atomic E-state index is 12.3. The first kappa shape index (κ1) is 14.3. The highest BCUT2D eigenvalue weighted by Gasteiger charge is 2.38. The Balaban J connectivity index is 2.06. The summed E-state index contributed by atoms with van der Waals surface area (Å²) >= 11 is 0. The standard InChI is InChI=1S/C16H26N2O/c1-5-18-11-13(10-17-18)9-16(3,4)14-7-6-12(2)8-15(14)19/h10-12,14H,5-9H2,1-4H3. The van der Waals surface area contributed by atoms with Gasteiger partial charge in [0.25, 0.3) is 0 Å². The molecule has 0 aromatic carbocycles. The lowest BCUT2D eigenvalue weighted by Crippen LogP contribution is -2.36. The third-order valence-corrected chi connectivity index (χ3v) is 4.50. The van der Waals surface area contributed by atoms with Crippen molar-refractivity contribution < 1.29 is 4.79 Å². The van der Waals surface area contributed by atoms with Gasteiger partial charge in [-0.1, -0.05) is 20.8 Å². The number of hydrogen-bond acceptors (Lipinski definition) is 2. The Morgan fingerprint density at radius 2 is 2.16 bits per heavy atom. The van der Waals surface area contributed by atoms with Crippen LogP contribution in [0.1, 0.15) is 52.5 Å². The zero-order chi connectivity index (χ0) is 14.0. The fourth-order valence-corrected chi connectivity index (χ4v) is 3.35. The lowest BCUT2D eigenvalue weighted by atomic mass is 9.66. The monoisotopic (exact) mass is 262 g/mol. The molecule has 3 heteroatoms. The average molecular weight is 262 g/mol. The van der Waals surface area contributed by atoms with Gasteiger partial charge in [0, 0.05) is 25.1 Å². The van der Waals surface area contributed by atoms with Gasteiger partial charge in [0.15, 0.2) is 0 Å². The van der Waals surface area contributed by atoms with Crippen molar-refractivity contribution in [2.45, 2.75) is 59.9 Å². The van der Waals surface area contributed by atoms with Crippen molar-refractivity contribution in [1.29, 1.82) is 0 Å². The van der Waals surface area contributed by atoms with Gasteiger partial charge < -0.3 is 0 Å². The number of carbonyl (C=O) groups is 1. The van der Waals surface area contributed by atoms with Gasteiger partial charge in [0.05, 0.1) is 6.20 Å². The molecule has 2 atom stereocenters. The van der Waals surface area contributed by atoms with E-state index in [1.54, 1.807) is 0 Å². The van der Waals surface area contributed by atoms with E-state index in [0.717, 1.165) is 25.8 Å². The van der Waals surface area contributed by atoms with Crippen LogP contribution in [0.3, 0.4) is 0 Å². The van der Waals surface area contributed by atoms with Crippen molar-refractivity contribution in [1.82, 2.24) is 9.78 Å². The molecule has 1 aromatic heterocycles. The van der Waals surface area contributed by atoms with Crippen LogP contribution >= 0.6 is 0 Å². The number of hydrogen-bond donors (Lipinski definition) is 0. The topological polar surface area (TPSA) is 34.9 Å². The fourth-order valence-electron chi connectivity index (χ4n) is 3.35. The Labute approximate surface area is 116 Å². The van der Waals surface area contributed by atoms with Crippen LogP contribution in [-0.4, -0.2) is 15.6 Å². The zero-order valence-corrected chi connectivity index (χ0v) is 12.6. The second-order valence-electron chi connectivity index (χ2n) is 6.78. The molecule has 1 aliphatic rings. The zero-order valence-electron chi connectivity index (χ0n) is 12.6. The van der Waals surface area contributed by atoms with Crippen molar-refractivity contribution >= 4 is 5.78 Å². The minimum Gasteiger partial charge on any atom is -0.299 e. The predicted molar refractivity (Wildman–Crippen MR) is 76.9 cm³/mol. The van der Waals surface area contributed by atoms with E-state index in [-0.39, 0.29) is 11.3 Å². The van der Waals surface area contributed by atoms with E-state index >= 15 is 0 Å². The Kier molecular flexibility index (Phi) is 4.12. The first-order chi connectivity index (χ1) is 8.92. The van der Waals surface area contributed by atoms with Crippen LogP contribution in [0.4, 0.5) is 0 Å². The molecule has 2 rings (SSSR count). The second kappa shape index (κ2) is 5.48. The summed E-state index contributed by atoms with van der Waals surface area (Å²) in [6.07, 6.45) is 8.00. The van der Waals surface area contributed by atoms with E-state index in [0.29, 0.717) is 11.7 Å². The van der Waals surface area contributed by atoms with Gasteiger partial charge in [0.1, 0.15) is 5.78 Å². The largest absolute Gasteiger partial charge is 0.299 e. The number of Topliss-reactive ketones (excluding diaryl/α,β-unsaturated/α-hetero) is 1. The highest BCUT2D eigenvalue weighted by atomic mass is 16.1. The molecule has 0 radical (unpaired) electrons. The number of ketones is 1. The lowest BCUT2D eigenvalue weighted by Gasteiger charge is -2.37. The molecule has 0 N–H and O–H groups in total. The smallest absolute Gasteiger partial charge is 0.136 e. The third kappa shape index (κ3) is 3.26. The van der Waals surface area contributed by atoms with Gasteiger partial charge >= 0.3 is 0 Å². The molecule has 0 saturated heterocycles. The highest BCUT2D eigenvalue weighted by molar-refractivity contribution is 5.82. The molecule has 1 fully saturated rings. The van der Waals surface area contributed by atoms with Gasteiger partial charge in [-0.15, -0.1) is 0 Å². The van der Waals surface area contributed by atoms with Crippen molar-refractivity contribution in [2.75, 3.05) is 0 Å². The van der Waals surface area contributed by atoms with E-state index in [1.165, 1.54) is 12.0 Å². The predicted octanol–water partition coefficient (Wildman–Crippen LogP) is 3.48. The maximum Gasteiger partial charge on any atom is 0.136 e. The lowest BCUT2D eigenvalue weighted by molar-refractivity contribution is -0.129. The number of aromatic nitrogens is 2. The molecule has 19 heavy (non-hydrogen) atoms. The van der Waals surface area contributed by atoms with Gasteiger partial charge in [-0.2, -0.15) is 5.10 Å². The van der Waals surface area contributed by atoms with E-state index < -0.39 is 0 Å². The van der Waals surface area contributed by atoms with Gasteiger partial charge in [0.2, 0.25) is 0 Å². The summed E-state index contributed by atoms with van der Waals surface area (Å²) in [5.41, 5.74) is 1.29. The Morgan fingerprint density at radius 1 is 1.42 bits per heavy atom. The first-order valence-electron chi connectivity index (χ1n) is 7.46. The molecule has 0 amide bonds. The minimum absolute atomic E-state index is 0.0405. The molecule has 106 valence electrons. The van der Waals surface area contributed by atoms with E-state index in [1.807, 2.05) is 10.9 Å². The van der Waals surface area contributed by atoms with Gasteiger partial charge in [-0.25, -0.2) is 0 Å². The number of nitrogens with zero attached hydrogens (tertiary/aromatic N) is 2. The van der Waals surface area contributed by atoms with Crippen LogP contribution in [0.2, 0.25) is 0 Å². The van der Waals surface area contributed by atoms with Gasteiger partial charge in [-0.3, -0.25) is 9.48 Å². The van der Waals surface area contributed by atoms with Crippen LogP contribution < -0.4 is 0 Å². The van der Waals surface area contributed by atoms with Crippen LogP contribution in [0, 0.1) is 17.3 Å². The van der Waals surface area contributed by atoms with E-state index in [4.69, 9.17) is 0 Å². The normalized spacial score (nSPS) is 24.7. The van der Waals surface area contributed by atoms with Crippen molar-refractivity contribution in [3.05, 3.63) is 18.0 Å². The summed E-state index contributed by atoms with van der Waals surface area (Å²) in [7, 11) is 0. The highest BCUT2D eigenvalue weighted by Crippen LogP contribution is 2.40. The van der Waals surface area contributed by atoms with Crippen LogP contribution in [0.15, 0.2) is 12.4 Å². The molecular formula is C16H26N2O. The quantitative estimate of drug-likeness (QED) is 0.832. The van der Waals surface area contributed by atoms with Crippen molar-refractivity contribution in [2.24, 2.45) is 17.3 Å². The molecule has 1 aliphatic carbocycles. The Morgan fingerprint density at radius 3 is 2.74 bits per heavy atom. The van der Waals surface area contributed by atoms with Gasteiger partial charge in [-0.05, 0) is 43.1 Å². The molecule has 2 unspecified atom stereocenters. The maximum absolute atomic E-state index is 12.3.